The zero-order valence-electron chi connectivity index (χ0n) is 9.17. The van der Waals surface area contributed by atoms with Gasteiger partial charge in [0.25, 0.3) is 0 Å². The van der Waals surface area contributed by atoms with Gasteiger partial charge in [0.05, 0.1) is 21.4 Å². The summed E-state index contributed by atoms with van der Waals surface area (Å²) in [5.41, 5.74) is 0. The van der Waals surface area contributed by atoms with Crippen LogP contribution < -0.4 is 4.18 Å². The van der Waals surface area contributed by atoms with Crippen molar-refractivity contribution in [3.63, 3.8) is 0 Å². The maximum Gasteiger partial charge on any atom is 0.309 e. The average molecular weight is 262 g/mol. The molecule has 90 valence electrons. The van der Waals surface area contributed by atoms with Crippen LogP contribution in [0.3, 0.4) is 0 Å². The predicted octanol–water partition coefficient (Wildman–Crippen LogP) is 1.54. The van der Waals surface area contributed by atoms with Gasteiger partial charge in [-0.15, -0.1) is 0 Å². The third kappa shape index (κ3) is 3.61. The van der Waals surface area contributed by atoms with Crippen molar-refractivity contribution in [3.8, 4) is 5.75 Å². The van der Waals surface area contributed by atoms with Gasteiger partial charge in [-0.3, -0.25) is 4.21 Å². The lowest BCUT2D eigenvalue weighted by atomic mass is 10.3. The molecule has 0 saturated carbocycles. The van der Waals surface area contributed by atoms with Gasteiger partial charge in [-0.25, -0.2) is 0 Å². The molecule has 1 atom stereocenters. The molecule has 1 aromatic rings. The van der Waals surface area contributed by atoms with Gasteiger partial charge in [-0.05, 0) is 18.6 Å². The zero-order valence-corrected chi connectivity index (χ0v) is 10.8. The van der Waals surface area contributed by atoms with Crippen LogP contribution in [0.1, 0.15) is 13.3 Å². The first-order valence-electron chi connectivity index (χ1n) is 4.81. The van der Waals surface area contributed by atoms with Crippen LogP contribution in [-0.4, -0.2) is 24.6 Å². The molecule has 1 rings (SSSR count). The largest absolute Gasteiger partial charge is 0.381 e. The van der Waals surface area contributed by atoms with Crippen molar-refractivity contribution < 1.29 is 16.8 Å². The van der Waals surface area contributed by atoms with E-state index in [1.54, 1.807) is 25.1 Å². The van der Waals surface area contributed by atoms with Crippen LogP contribution in [0.5, 0.6) is 5.75 Å². The number of hydrogen-bond donors (Lipinski definition) is 0. The van der Waals surface area contributed by atoms with Gasteiger partial charge in [-0.1, -0.05) is 19.1 Å². The van der Waals surface area contributed by atoms with Crippen molar-refractivity contribution in [1.29, 1.82) is 0 Å². The van der Waals surface area contributed by atoms with Crippen LogP contribution in [0.4, 0.5) is 0 Å². The molecule has 0 aromatic heterocycles. The lowest BCUT2D eigenvalue weighted by Gasteiger charge is -2.08. The zero-order chi connectivity index (χ0) is 12.2. The van der Waals surface area contributed by atoms with E-state index in [1.807, 2.05) is 0 Å². The van der Waals surface area contributed by atoms with Crippen LogP contribution in [0, 0.1) is 0 Å². The first-order chi connectivity index (χ1) is 7.46. The molecule has 0 heterocycles. The molecule has 4 nitrogen and oxygen atoms in total. The number of para-hydroxylation sites is 1. The van der Waals surface area contributed by atoms with E-state index < -0.39 is 20.9 Å². The highest BCUT2D eigenvalue weighted by Gasteiger charge is 2.15. The Kier molecular flexibility index (Phi) is 4.49. The fourth-order valence-electron chi connectivity index (χ4n) is 1.18. The Morgan fingerprint density at radius 2 is 1.94 bits per heavy atom. The van der Waals surface area contributed by atoms with Crippen molar-refractivity contribution in [2.45, 2.75) is 18.2 Å². The Labute approximate surface area is 98.2 Å². The average Bonchev–Trinajstić information content (AvgIpc) is 2.17. The first kappa shape index (κ1) is 13.2. The quantitative estimate of drug-likeness (QED) is 0.755. The lowest BCUT2D eigenvalue weighted by molar-refractivity contribution is 0.479. The van der Waals surface area contributed by atoms with Crippen LogP contribution in [0.15, 0.2) is 29.2 Å². The van der Waals surface area contributed by atoms with E-state index in [1.165, 1.54) is 12.3 Å². The minimum Gasteiger partial charge on any atom is -0.381 e. The molecule has 0 radical (unpaired) electrons. The second kappa shape index (κ2) is 5.45. The monoisotopic (exact) mass is 262 g/mol. The maximum atomic E-state index is 11.5. The van der Waals surface area contributed by atoms with Gasteiger partial charge in [0.1, 0.15) is 0 Å². The molecule has 0 amide bonds. The minimum absolute atomic E-state index is 0.0440. The molecule has 6 heteroatoms. The van der Waals surface area contributed by atoms with Gasteiger partial charge in [0.2, 0.25) is 0 Å². The summed E-state index contributed by atoms with van der Waals surface area (Å²) >= 11 is 0. The normalized spacial score (nSPS) is 13.4. The summed E-state index contributed by atoms with van der Waals surface area (Å²) < 4.78 is 39.2. The van der Waals surface area contributed by atoms with E-state index in [-0.39, 0.29) is 11.5 Å². The van der Waals surface area contributed by atoms with Crippen LogP contribution >= 0.6 is 0 Å². The van der Waals surface area contributed by atoms with Crippen molar-refractivity contribution in [2.75, 3.05) is 12.0 Å². The van der Waals surface area contributed by atoms with E-state index in [0.29, 0.717) is 11.3 Å². The third-order valence-electron chi connectivity index (χ3n) is 1.83. The fraction of sp³-hybridized carbons (Fsp3) is 0.400. The second-order valence-electron chi connectivity index (χ2n) is 3.25. The van der Waals surface area contributed by atoms with Crippen molar-refractivity contribution in [3.05, 3.63) is 24.3 Å². The molecule has 0 aliphatic heterocycles. The molecule has 16 heavy (non-hydrogen) atoms. The van der Waals surface area contributed by atoms with E-state index in [9.17, 15) is 12.6 Å². The second-order valence-corrected chi connectivity index (χ2v) is 6.28. The van der Waals surface area contributed by atoms with Gasteiger partial charge >= 0.3 is 10.1 Å². The number of benzene rings is 1. The summed E-state index contributed by atoms with van der Waals surface area (Å²) in [5, 5.41) is 0. The molecule has 0 fully saturated rings. The molecule has 1 unspecified atom stereocenters. The molecule has 0 N–H and O–H groups in total. The predicted molar refractivity (Wildman–Crippen MR) is 63.5 cm³/mol. The highest BCUT2D eigenvalue weighted by atomic mass is 32.2. The van der Waals surface area contributed by atoms with E-state index in [2.05, 4.69) is 0 Å². The van der Waals surface area contributed by atoms with Gasteiger partial charge in [0, 0.05) is 6.26 Å². The Hall–Kier alpha value is -0.880. The van der Waals surface area contributed by atoms with E-state index in [0.717, 1.165) is 0 Å². The smallest absolute Gasteiger partial charge is 0.309 e. The third-order valence-corrected chi connectivity index (χ3v) is 4.13. The Morgan fingerprint density at radius 3 is 2.50 bits per heavy atom. The Morgan fingerprint density at radius 1 is 1.31 bits per heavy atom. The molecular weight excluding hydrogens is 248 g/mol. The van der Waals surface area contributed by atoms with E-state index in [4.69, 9.17) is 4.18 Å². The highest BCUT2D eigenvalue weighted by Crippen LogP contribution is 2.22. The standard InChI is InChI=1S/C10H14O4S2/c1-3-8-16(12,13)14-9-6-4-5-7-10(9)15(2)11/h4-7H,3,8H2,1-2H3. The summed E-state index contributed by atoms with van der Waals surface area (Å²) in [6.07, 6.45) is 1.97. The number of rotatable bonds is 5. The van der Waals surface area contributed by atoms with Gasteiger partial charge in [-0.2, -0.15) is 8.42 Å². The fourth-order valence-corrected chi connectivity index (χ4v) is 2.90. The Balaban J connectivity index is 3.02. The molecule has 0 spiro atoms. The summed E-state index contributed by atoms with van der Waals surface area (Å²) in [7, 11) is -4.84. The van der Waals surface area contributed by atoms with Crippen molar-refractivity contribution in [1.82, 2.24) is 0 Å². The number of hydrogen-bond acceptors (Lipinski definition) is 4. The molecule has 0 saturated heterocycles. The maximum absolute atomic E-state index is 11.5. The van der Waals surface area contributed by atoms with Gasteiger partial charge in [0.15, 0.2) is 5.75 Å². The molecule has 1 aromatic carbocycles. The van der Waals surface area contributed by atoms with Crippen molar-refractivity contribution in [2.24, 2.45) is 0 Å². The molecule has 0 bridgehead atoms. The van der Waals surface area contributed by atoms with Gasteiger partial charge < -0.3 is 4.18 Å². The van der Waals surface area contributed by atoms with E-state index >= 15 is 0 Å². The lowest BCUT2D eigenvalue weighted by Crippen LogP contribution is -2.14. The topological polar surface area (TPSA) is 60.4 Å². The summed E-state index contributed by atoms with van der Waals surface area (Å²) in [6, 6.07) is 6.43. The summed E-state index contributed by atoms with van der Waals surface area (Å²) in [6.45, 7) is 1.75. The summed E-state index contributed by atoms with van der Waals surface area (Å²) in [4.78, 5) is 0.391. The van der Waals surface area contributed by atoms with Crippen molar-refractivity contribution >= 4 is 20.9 Å². The highest BCUT2D eigenvalue weighted by molar-refractivity contribution is 7.87. The van der Waals surface area contributed by atoms with Crippen LogP contribution in [0.2, 0.25) is 0 Å². The SMILES string of the molecule is CCCS(=O)(=O)Oc1ccccc1S(C)=O. The van der Waals surface area contributed by atoms with Crippen LogP contribution in [-0.2, 0) is 20.9 Å². The molecule has 0 aliphatic carbocycles. The Bertz CT molecular complexity index is 479. The minimum atomic E-state index is -3.58. The summed E-state index contributed by atoms with van der Waals surface area (Å²) in [5.74, 6) is 0.106. The molecular formula is C10H14O4S2. The first-order valence-corrected chi connectivity index (χ1v) is 7.94. The molecule has 0 aliphatic rings. The van der Waals surface area contributed by atoms with Crippen LogP contribution in [0.25, 0.3) is 0 Å².